The fraction of sp³-hybridized carbons (Fsp3) is 0.269. The Morgan fingerprint density at radius 3 is 2.57 bits per heavy atom. The molecule has 0 amide bonds. The van der Waals surface area contributed by atoms with Crippen molar-refractivity contribution in [1.82, 2.24) is 20.2 Å². The molecule has 9 heteroatoms. The molecule has 3 aromatic carbocycles. The number of nitrogens with zero attached hydrogens (tertiary/aromatic N) is 5. The molecule has 0 saturated carbocycles. The molecule has 4 aromatic rings. The number of ether oxygens (including phenoxy) is 1. The number of halogens is 3. The van der Waals surface area contributed by atoms with E-state index in [2.05, 4.69) is 26.5 Å². The summed E-state index contributed by atoms with van der Waals surface area (Å²) in [5.74, 6) is 1.22. The van der Waals surface area contributed by atoms with E-state index in [9.17, 15) is 13.2 Å². The van der Waals surface area contributed by atoms with Gasteiger partial charge in [-0.15, -0.1) is 5.10 Å². The zero-order valence-corrected chi connectivity index (χ0v) is 19.1. The van der Waals surface area contributed by atoms with Gasteiger partial charge in [-0.2, -0.15) is 13.2 Å². The van der Waals surface area contributed by atoms with Crippen molar-refractivity contribution < 1.29 is 17.9 Å². The number of alkyl halides is 3. The second-order valence-electron chi connectivity index (χ2n) is 8.49. The van der Waals surface area contributed by atoms with Crippen molar-refractivity contribution in [2.45, 2.75) is 31.6 Å². The van der Waals surface area contributed by atoms with E-state index in [0.717, 1.165) is 41.5 Å². The number of hydrogen-bond donors (Lipinski definition) is 0. The molecule has 0 saturated heterocycles. The third kappa shape index (κ3) is 4.71. The van der Waals surface area contributed by atoms with Gasteiger partial charge in [0.05, 0.1) is 19.2 Å². The Balaban J connectivity index is 1.60. The minimum absolute atomic E-state index is 0.372. The molecule has 1 aliphatic rings. The van der Waals surface area contributed by atoms with Crippen LogP contribution in [-0.4, -0.2) is 33.9 Å². The number of anilines is 1. The fourth-order valence-corrected chi connectivity index (χ4v) is 4.61. The first-order chi connectivity index (χ1) is 16.9. The molecule has 6 nitrogen and oxygen atoms in total. The summed E-state index contributed by atoms with van der Waals surface area (Å²) in [7, 11) is 1.60. The predicted octanol–water partition coefficient (Wildman–Crippen LogP) is 5.29. The van der Waals surface area contributed by atoms with Gasteiger partial charge in [-0.05, 0) is 70.3 Å². The van der Waals surface area contributed by atoms with Gasteiger partial charge < -0.3 is 9.64 Å². The Morgan fingerprint density at radius 2 is 1.80 bits per heavy atom. The van der Waals surface area contributed by atoms with Gasteiger partial charge in [-0.25, -0.2) is 4.68 Å². The van der Waals surface area contributed by atoms with E-state index in [0.29, 0.717) is 24.5 Å². The zero-order chi connectivity index (χ0) is 24.4. The molecule has 0 bridgehead atoms. The lowest BCUT2D eigenvalue weighted by molar-refractivity contribution is -0.137. The molecule has 1 aromatic heterocycles. The topological polar surface area (TPSA) is 56.1 Å². The molecule has 1 aliphatic heterocycles. The molecular formula is C26H24F3N5O. The number of methoxy groups -OCH3 is 1. The predicted molar refractivity (Wildman–Crippen MR) is 125 cm³/mol. The quantitative estimate of drug-likeness (QED) is 0.376. The van der Waals surface area contributed by atoms with Crippen LogP contribution >= 0.6 is 0 Å². The van der Waals surface area contributed by atoms with Crippen LogP contribution in [0.4, 0.5) is 18.9 Å². The SMILES string of the molecule is COc1ccc(Cn2nnnc2[C@H](c2cccc(C(F)(F)F)c2)N2CCCc3ccccc32)cc1. The van der Waals surface area contributed by atoms with Crippen LogP contribution in [0.3, 0.4) is 0 Å². The number of fused-ring (bicyclic) bond motifs is 1. The summed E-state index contributed by atoms with van der Waals surface area (Å²) in [5.41, 5.74) is 2.88. The van der Waals surface area contributed by atoms with Crippen LogP contribution in [0.5, 0.6) is 5.75 Å². The number of aryl methyl sites for hydroxylation is 1. The van der Waals surface area contributed by atoms with Crippen molar-refractivity contribution in [1.29, 1.82) is 0 Å². The maximum Gasteiger partial charge on any atom is 0.416 e. The van der Waals surface area contributed by atoms with Crippen molar-refractivity contribution >= 4 is 5.69 Å². The molecule has 0 N–H and O–H groups in total. The Hall–Kier alpha value is -3.88. The number of tetrazole rings is 1. The summed E-state index contributed by atoms with van der Waals surface area (Å²) in [4.78, 5) is 2.12. The molecule has 35 heavy (non-hydrogen) atoms. The highest BCUT2D eigenvalue weighted by Crippen LogP contribution is 2.39. The molecule has 1 atom stereocenters. The maximum absolute atomic E-state index is 13.6. The van der Waals surface area contributed by atoms with Crippen LogP contribution in [0, 0.1) is 0 Å². The Labute approximate surface area is 201 Å². The molecule has 5 rings (SSSR count). The lowest BCUT2D eigenvalue weighted by atomic mass is 9.95. The summed E-state index contributed by atoms with van der Waals surface area (Å²) >= 11 is 0. The highest BCUT2D eigenvalue weighted by Gasteiger charge is 2.35. The van der Waals surface area contributed by atoms with Crippen molar-refractivity contribution in [2.24, 2.45) is 0 Å². The summed E-state index contributed by atoms with van der Waals surface area (Å²) in [6.45, 7) is 1.05. The number of aromatic nitrogens is 4. The second kappa shape index (κ2) is 9.40. The number of rotatable bonds is 6. The zero-order valence-electron chi connectivity index (χ0n) is 19.1. The molecular weight excluding hydrogens is 455 g/mol. The largest absolute Gasteiger partial charge is 0.497 e. The van der Waals surface area contributed by atoms with Gasteiger partial charge >= 0.3 is 6.18 Å². The van der Waals surface area contributed by atoms with E-state index in [4.69, 9.17) is 4.74 Å². The van der Waals surface area contributed by atoms with E-state index in [-0.39, 0.29) is 0 Å². The van der Waals surface area contributed by atoms with Crippen LogP contribution in [-0.2, 0) is 19.1 Å². The summed E-state index contributed by atoms with van der Waals surface area (Å²) in [5, 5.41) is 12.4. The normalized spacial score (nSPS) is 14.5. The first-order valence-electron chi connectivity index (χ1n) is 11.3. The van der Waals surface area contributed by atoms with E-state index < -0.39 is 17.8 Å². The van der Waals surface area contributed by atoms with Gasteiger partial charge in [-0.1, -0.05) is 42.5 Å². The van der Waals surface area contributed by atoms with Crippen LogP contribution in [0.15, 0.2) is 72.8 Å². The van der Waals surface area contributed by atoms with Crippen LogP contribution < -0.4 is 9.64 Å². The fourth-order valence-electron chi connectivity index (χ4n) is 4.61. The van der Waals surface area contributed by atoms with Crippen molar-refractivity contribution in [3.05, 3.63) is 101 Å². The second-order valence-corrected chi connectivity index (χ2v) is 8.49. The first-order valence-corrected chi connectivity index (χ1v) is 11.3. The van der Waals surface area contributed by atoms with Crippen LogP contribution in [0.25, 0.3) is 0 Å². The number of benzene rings is 3. The van der Waals surface area contributed by atoms with Gasteiger partial charge in [0.15, 0.2) is 5.82 Å². The molecule has 0 fully saturated rings. The Bertz CT molecular complexity index is 1300. The van der Waals surface area contributed by atoms with E-state index in [1.165, 1.54) is 12.1 Å². The van der Waals surface area contributed by atoms with Gasteiger partial charge in [-0.3, -0.25) is 0 Å². The summed E-state index contributed by atoms with van der Waals surface area (Å²) < 4.78 is 47.7. The summed E-state index contributed by atoms with van der Waals surface area (Å²) in [6, 6.07) is 20.4. The van der Waals surface area contributed by atoms with Crippen LogP contribution in [0.2, 0.25) is 0 Å². The standard InChI is InChI=1S/C26H24F3N5O/c1-35-22-13-11-18(12-14-22)17-34-25(30-31-32-34)24(20-7-4-9-21(16-20)26(27,28)29)33-15-5-8-19-6-2-3-10-23(19)33/h2-4,6-7,9-14,16,24H,5,8,15,17H2,1H3/t24-/m0/s1. The van der Waals surface area contributed by atoms with E-state index in [1.54, 1.807) is 17.9 Å². The van der Waals surface area contributed by atoms with Gasteiger partial charge in [0.1, 0.15) is 11.8 Å². The van der Waals surface area contributed by atoms with E-state index in [1.807, 2.05) is 42.5 Å². The van der Waals surface area contributed by atoms with Gasteiger partial charge in [0, 0.05) is 12.2 Å². The van der Waals surface area contributed by atoms with Crippen molar-refractivity contribution in [2.75, 3.05) is 18.6 Å². The lowest BCUT2D eigenvalue weighted by Gasteiger charge is -2.37. The lowest BCUT2D eigenvalue weighted by Crippen LogP contribution is -2.36. The first kappa shape index (κ1) is 22.9. The number of para-hydroxylation sites is 1. The maximum atomic E-state index is 13.6. The van der Waals surface area contributed by atoms with Gasteiger partial charge in [0.25, 0.3) is 0 Å². The molecule has 0 spiro atoms. The minimum Gasteiger partial charge on any atom is -0.497 e. The molecule has 0 radical (unpaired) electrons. The van der Waals surface area contributed by atoms with Gasteiger partial charge in [0.2, 0.25) is 0 Å². The Kier molecular flexibility index (Phi) is 6.15. The van der Waals surface area contributed by atoms with Crippen molar-refractivity contribution in [3.8, 4) is 5.75 Å². The smallest absolute Gasteiger partial charge is 0.416 e. The summed E-state index contributed by atoms with van der Waals surface area (Å²) in [6.07, 6.45) is -2.65. The van der Waals surface area contributed by atoms with Crippen molar-refractivity contribution in [3.63, 3.8) is 0 Å². The highest BCUT2D eigenvalue weighted by molar-refractivity contribution is 5.58. The average molecular weight is 480 g/mol. The third-order valence-electron chi connectivity index (χ3n) is 6.28. The third-order valence-corrected chi connectivity index (χ3v) is 6.28. The average Bonchev–Trinajstić information content (AvgIpc) is 3.32. The molecule has 0 aliphatic carbocycles. The monoisotopic (exact) mass is 479 g/mol. The molecule has 0 unspecified atom stereocenters. The van der Waals surface area contributed by atoms with E-state index >= 15 is 0 Å². The van der Waals surface area contributed by atoms with Crippen LogP contribution in [0.1, 0.15) is 40.5 Å². The minimum atomic E-state index is -4.45. The Morgan fingerprint density at radius 1 is 1.00 bits per heavy atom. The molecule has 2 heterocycles. The molecule has 180 valence electrons. The number of hydrogen-bond acceptors (Lipinski definition) is 5. The highest BCUT2D eigenvalue weighted by atomic mass is 19.4.